The molecule has 0 saturated carbocycles. The van der Waals surface area contributed by atoms with Crippen LogP contribution in [-0.4, -0.2) is 53.1 Å². The van der Waals surface area contributed by atoms with Crippen molar-refractivity contribution in [2.45, 2.75) is 26.1 Å². The van der Waals surface area contributed by atoms with Crippen molar-refractivity contribution in [3.8, 4) is 11.4 Å². The maximum absolute atomic E-state index is 12.6. The molecule has 1 aliphatic heterocycles. The first-order chi connectivity index (χ1) is 14.5. The van der Waals surface area contributed by atoms with Gasteiger partial charge in [0, 0.05) is 19.3 Å². The number of nitrogens with one attached hydrogen (secondary N) is 1. The monoisotopic (exact) mass is 407 g/mol. The second-order valence-corrected chi connectivity index (χ2v) is 7.37. The van der Waals surface area contributed by atoms with Crippen molar-refractivity contribution in [2.24, 2.45) is 0 Å². The lowest BCUT2D eigenvalue weighted by atomic mass is 10.2. The molecule has 1 N–H and O–H groups in total. The van der Waals surface area contributed by atoms with E-state index in [-0.39, 0.29) is 18.1 Å². The standard InChI is InChI=1S/C22H25N5O3/c1-15-13-26(14-16(2)30-15)21-9-4-17(12-23-21)24-22(28)20-10-11-27(25-20)18-5-7-19(29-3)8-6-18/h4-12,15-16H,13-14H2,1-3H3,(H,24,28). The predicted molar refractivity (Wildman–Crippen MR) is 115 cm³/mol. The molecule has 2 aromatic heterocycles. The summed E-state index contributed by atoms with van der Waals surface area (Å²) in [5, 5.41) is 7.21. The first kappa shape index (κ1) is 19.9. The molecule has 0 radical (unpaired) electrons. The number of carbonyl (C=O) groups excluding carboxylic acids is 1. The van der Waals surface area contributed by atoms with E-state index in [9.17, 15) is 4.79 Å². The largest absolute Gasteiger partial charge is 0.497 e. The normalized spacial score (nSPS) is 18.8. The number of amides is 1. The Morgan fingerprint density at radius 1 is 1.10 bits per heavy atom. The van der Waals surface area contributed by atoms with Crippen molar-refractivity contribution < 1.29 is 14.3 Å². The van der Waals surface area contributed by atoms with Crippen LogP contribution in [0.4, 0.5) is 11.5 Å². The van der Waals surface area contributed by atoms with Gasteiger partial charge in [0.1, 0.15) is 11.6 Å². The van der Waals surface area contributed by atoms with Crippen LogP contribution in [0.2, 0.25) is 0 Å². The first-order valence-corrected chi connectivity index (χ1v) is 9.90. The molecular weight excluding hydrogens is 382 g/mol. The number of hydrogen-bond acceptors (Lipinski definition) is 6. The molecule has 3 heterocycles. The van der Waals surface area contributed by atoms with E-state index in [1.165, 1.54) is 0 Å². The Hall–Kier alpha value is -3.39. The van der Waals surface area contributed by atoms with E-state index in [1.807, 2.05) is 36.4 Å². The number of benzene rings is 1. The third kappa shape index (κ3) is 4.44. The van der Waals surface area contributed by atoms with Gasteiger partial charge < -0.3 is 19.7 Å². The van der Waals surface area contributed by atoms with E-state index in [2.05, 4.69) is 34.1 Å². The van der Waals surface area contributed by atoms with Gasteiger partial charge in [0.15, 0.2) is 5.69 Å². The van der Waals surface area contributed by atoms with Gasteiger partial charge >= 0.3 is 0 Å². The molecule has 2 atom stereocenters. The van der Waals surface area contributed by atoms with Crippen LogP contribution in [0.1, 0.15) is 24.3 Å². The van der Waals surface area contributed by atoms with Crippen molar-refractivity contribution in [3.63, 3.8) is 0 Å². The highest BCUT2D eigenvalue weighted by Gasteiger charge is 2.23. The quantitative estimate of drug-likeness (QED) is 0.700. The Balaban J connectivity index is 1.41. The van der Waals surface area contributed by atoms with Crippen molar-refractivity contribution >= 4 is 17.4 Å². The van der Waals surface area contributed by atoms with Crippen molar-refractivity contribution in [1.29, 1.82) is 0 Å². The molecule has 4 rings (SSSR count). The summed E-state index contributed by atoms with van der Waals surface area (Å²) in [5.74, 6) is 1.35. The number of ether oxygens (including phenoxy) is 2. The molecule has 1 aromatic carbocycles. The van der Waals surface area contributed by atoms with Crippen LogP contribution in [0.25, 0.3) is 5.69 Å². The molecule has 2 unspecified atom stereocenters. The summed E-state index contributed by atoms with van der Waals surface area (Å²) in [6, 6.07) is 12.9. The fourth-order valence-electron chi connectivity index (χ4n) is 3.53. The lowest BCUT2D eigenvalue weighted by Gasteiger charge is -2.36. The zero-order chi connectivity index (χ0) is 21.1. The van der Waals surface area contributed by atoms with Crippen molar-refractivity contribution in [1.82, 2.24) is 14.8 Å². The van der Waals surface area contributed by atoms with E-state index >= 15 is 0 Å². The highest BCUT2D eigenvalue weighted by molar-refractivity contribution is 6.02. The lowest BCUT2D eigenvalue weighted by Crippen LogP contribution is -2.45. The summed E-state index contributed by atoms with van der Waals surface area (Å²) in [6.07, 6.45) is 3.74. The van der Waals surface area contributed by atoms with Crippen LogP contribution >= 0.6 is 0 Å². The van der Waals surface area contributed by atoms with Crippen LogP contribution in [0.15, 0.2) is 54.9 Å². The maximum atomic E-state index is 12.6. The Bertz CT molecular complexity index is 990. The average molecular weight is 407 g/mol. The molecule has 3 aromatic rings. The van der Waals surface area contributed by atoms with E-state index in [4.69, 9.17) is 9.47 Å². The predicted octanol–water partition coefficient (Wildman–Crippen LogP) is 3.14. The number of anilines is 2. The molecule has 1 aliphatic rings. The second-order valence-electron chi connectivity index (χ2n) is 7.37. The number of pyridine rings is 1. The Kier molecular flexibility index (Phi) is 5.67. The minimum Gasteiger partial charge on any atom is -0.497 e. The van der Waals surface area contributed by atoms with E-state index in [0.29, 0.717) is 11.4 Å². The van der Waals surface area contributed by atoms with Gasteiger partial charge in [-0.25, -0.2) is 9.67 Å². The summed E-state index contributed by atoms with van der Waals surface area (Å²) >= 11 is 0. The SMILES string of the molecule is COc1ccc(-n2ccc(C(=O)Nc3ccc(N4CC(C)OC(C)C4)nc3)n2)cc1. The van der Waals surface area contributed by atoms with Gasteiger partial charge in [-0.3, -0.25) is 4.79 Å². The molecule has 8 nitrogen and oxygen atoms in total. The van der Waals surface area contributed by atoms with Crippen molar-refractivity contribution in [2.75, 3.05) is 30.4 Å². The Morgan fingerprint density at radius 3 is 2.47 bits per heavy atom. The van der Waals surface area contributed by atoms with Gasteiger partial charge in [-0.05, 0) is 56.3 Å². The molecule has 0 bridgehead atoms. The average Bonchev–Trinajstić information content (AvgIpc) is 3.24. The van der Waals surface area contributed by atoms with E-state index in [1.54, 1.807) is 30.3 Å². The molecule has 1 fully saturated rings. The number of hydrogen-bond donors (Lipinski definition) is 1. The van der Waals surface area contributed by atoms with Crippen LogP contribution in [0, 0.1) is 0 Å². The molecular formula is C22H25N5O3. The summed E-state index contributed by atoms with van der Waals surface area (Å²) < 4.78 is 12.6. The fraction of sp³-hybridized carbons (Fsp3) is 0.318. The summed E-state index contributed by atoms with van der Waals surface area (Å²) in [5.41, 5.74) is 1.79. The van der Waals surface area contributed by atoms with Crippen LogP contribution in [0.5, 0.6) is 5.75 Å². The topological polar surface area (TPSA) is 81.5 Å². The number of morpholine rings is 1. The summed E-state index contributed by atoms with van der Waals surface area (Å²) in [4.78, 5) is 19.3. The second kappa shape index (κ2) is 8.54. The smallest absolute Gasteiger partial charge is 0.276 e. The highest BCUT2D eigenvalue weighted by Crippen LogP contribution is 2.20. The van der Waals surface area contributed by atoms with Gasteiger partial charge in [-0.15, -0.1) is 0 Å². The molecule has 156 valence electrons. The number of methoxy groups -OCH3 is 1. The molecule has 8 heteroatoms. The van der Waals surface area contributed by atoms with E-state index in [0.717, 1.165) is 30.3 Å². The summed E-state index contributed by atoms with van der Waals surface area (Å²) in [7, 11) is 1.62. The number of nitrogens with zero attached hydrogens (tertiary/aromatic N) is 4. The molecule has 30 heavy (non-hydrogen) atoms. The molecule has 1 saturated heterocycles. The van der Waals surface area contributed by atoms with Gasteiger partial charge in [0.2, 0.25) is 0 Å². The zero-order valence-corrected chi connectivity index (χ0v) is 17.3. The van der Waals surface area contributed by atoms with Gasteiger partial charge in [-0.1, -0.05) is 0 Å². The number of aromatic nitrogens is 3. The van der Waals surface area contributed by atoms with Crippen molar-refractivity contribution in [3.05, 3.63) is 60.6 Å². The van der Waals surface area contributed by atoms with Crippen LogP contribution in [-0.2, 0) is 4.74 Å². The minimum atomic E-state index is -0.287. The van der Waals surface area contributed by atoms with Gasteiger partial charge in [-0.2, -0.15) is 5.10 Å². The summed E-state index contributed by atoms with van der Waals surface area (Å²) in [6.45, 7) is 5.71. The third-order valence-corrected chi connectivity index (χ3v) is 4.91. The third-order valence-electron chi connectivity index (χ3n) is 4.91. The Labute approximate surface area is 175 Å². The Morgan fingerprint density at radius 2 is 1.83 bits per heavy atom. The molecule has 0 aliphatic carbocycles. The molecule has 1 amide bonds. The first-order valence-electron chi connectivity index (χ1n) is 9.90. The number of rotatable bonds is 5. The zero-order valence-electron chi connectivity index (χ0n) is 17.3. The maximum Gasteiger partial charge on any atom is 0.276 e. The van der Waals surface area contributed by atoms with Crippen LogP contribution < -0.4 is 15.0 Å². The minimum absolute atomic E-state index is 0.163. The molecule has 0 spiro atoms. The van der Waals surface area contributed by atoms with Gasteiger partial charge in [0.05, 0.1) is 36.9 Å². The highest BCUT2D eigenvalue weighted by atomic mass is 16.5. The lowest BCUT2D eigenvalue weighted by molar-refractivity contribution is -0.00545. The van der Waals surface area contributed by atoms with Gasteiger partial charge in [0.25, 0.3) is 5.91 Å². The number of carbonyl (C=O) groups is 1. The fourth-order valence-corrected chi connectivity index (χ4v) is 3.53. The van der Waals surface area contributed by atoms with Crippen LogP contribution in [0.3, 0.4) is 0 Å². The van der Waals surface area contributed by atoms with E-state index < -0.39 is 0 Å².